The van der Waals surface area contributed by atoms with E-state index in [2.05, 4.69) is 39.3 Å². The lowest BCUT2D eigenvalue weighted by Gasteiger charge is -2.07. The molecule has 0 amide bonds. The highest BCUT2D eigenvalue weighted by Gasteiger charge is 2.31. The number of benzene rings is 5. The van der Waals surface area contributed by atoms with Gasteiger partial charge in [-0.25, -0.2) is 0 Å². The van der Waals surface area contributed by atoms with Crippen molar-refractivity contribution in [2.45, 2.75) is 6.18 Å². The van der Waals surface area contributed by atoms with Crippen molar-refractivity contribution < 1.29 is 13.2 Å². The van der Waals surface area contributed by atoms with Crippen LogP contribution in [-0.2, 0) is 6.18 Å². The molecule has 0 aromatic heterocycles. The number of hydrogen-bond acceptors (Lipinski definition) is 3. The van der Waals surface area contributed by atoms with Crippen LogP contribution >= 0.6 is 0 Å². The summed E-state index contributed by atoms with van der Waals surface area (Å²) < 4.78 is 40.5. The van der Waals surface area contributed by atoms with Gasteiger partial charge in [0, 0.05) is 21.5 Å². The number of halogens is 3. The molecule has 0 aliphatic heterocycles. The van der Waals surface area contributed by atoms with Crippen LogP contribution in [0.2, 0.25) is 0 Å². The Labute approximate surface area is 224 Å². The van der Waals surface area contributed by atoms with E-state index in [1.54, 1.807) is 6.19 Å². The molecule has 0 saturated carbocycles. The van der Waals surface area contributed by atoms with E-state index in [0.717, 1.165) is 50.2 Å². The average Bonchev–Trinajstić information content (AvgIpc) is 3.42. The molecule has 0 radical (unpaired) electrons. The van der Waals surface area contributed by atoms with Gasteiger partial charge in [0.25, 0.3) is 0 Å². The Balaban J connectivity index is 1.59. The molecule has 0 N–H and O–H groups in total. The van der Waals surface area contributed by atoms with Crippen LogP contribution in [0.4, 0.5) is 13.2 Å². The summed E-state index contributed by atoms with van der Waals surface area (Å²) in [5.41, 5.74) is 1.23. The SMILES string of the molecule is [C-]#[N+]/N=c1\c2cc(-c3cccc4ccccc34)ccc2c2cc3/c(=N/C#N)c4cc(C(F)(F)F)ccc4c3cc12. The second-order valence-corrected chi connectivity index (χ2v) is 9.60. The molecule has 0 heterocycles. The minimum absolute atomic E-state index is 0.200. The third-order valence-corrected chi connectivity index (χ3v) is 7.54. The molecular weight excluding hydrogens is 509 g/mol. The number of hydrogen-bond donors (Lipinski definition) is 0. The summed E-state index contributed by atoms with van der Waals surface area (Å²) in [6, 6.07) is 27.5. The second-order valence-electron chi connectivity index (χ2n) is 9.60. The maximum Gasteiger partial charge on any atom is 0.416 e. The Bertz CT molecular complexity index is 2390. The minimum atomic E-state index is -4.53. The number of fused-ring (bicyclic) bond motifs is 7. The Morgan fingerprint density at radius 3 is 2.02 bits per heavy atom. The average molecular weight is 525 g/mol. The zero-order valence-corrected chi connectivity index (χ0v) is 20.6. The van der Waals surface area contributed by atoms with E-state index >= 15 is 0 Å². The first kappa shape index (κ1) is 23.6. The first-order valence-corrected chi connectivity index (χ1v) is 12.3. The minimum Gasteiger partial charge on any atom is -0.181 e. The topological polar surface area (TPSA) is 52.9 Å². The number of rotatable bonds is 1. The quantitative estimate of drug-likeness (QED) is 0.122. The molecule has 0 aliphatic carbocycles. The smallest absolute Gasteiger partial charge is 0.181 e. The van der Waals surface area contributed by atoms with E-state index < -0.39 is 11.7 Å². The van der Waals surface area contributed by atoms with Crippen molar-refractivity contribution in [3.8, 4) is 17.3 Å². The van der Waals surface area contributed by atoms with Crippen LogP contribution in [0.25, 0.3) is 69.9 Å². The zero-order valence-electron chi connectivity index (χ0n) is 20.6. The lowest BCUT2D eigenvalue weighted by molar-refractivity contribution is -0.137. The molecule has 0 saturated heterocycles. The molecule has 7 aromatic carbocycles. The highest BCUT2D eigenvalue weighted by atomic mass is 19.4. The van der Waals surface area contributed by atoms with Crippen LogP contribution in [0, 0.1) is 18.0 Å². The Hall–Kier alpha value is -5.53. The summed E-state index contributed by atoms with van der Waals surface area (Å²) in [6.07, 6.45) is -2.78. The highest BCUT2D eigenvalue weighted by molar-refractivity contribution is 6.21. The van der Waals surface area contributed by atoms with Gasteiger partial charge in [0.15, 0.2) is 5.36 Å². The molecule has 4 nitrogen and oxygen atoms in total. The van der Waals surface area contributed by atoms with Gasteiger partial charge in [0.1, 0.15) is 0 Å². The van der Waals surface area contributed by atoms with Crippen molar-refractivity contribution in [1.29, 1.82) is 5.26 Å². The van der Waals surface area contributed by atoms with Crippen LogP contribution in [0.15, 0.2) is 101 Å². The Morgan fingerprint density at radius 2 is 1.30 bits per heavy atom. The van der Waals surface area contributed by atoms with Gasteiger partial charge >= 0.3 is 6.18 Å². The van der Waals surface area contributed by atoms with Crippen molar-refractivity contribution in [2.24, 2.45) is 10.1 Å². The normalized spacial score (nSPS) is 13.1. The van der Waals surface area contributed by atoms with Gasteiger partial charge in [-0.2, -0.15) is 30.0 Å². The molecule has 0 unspecified atom stereocenters. The van der Waals surface area contributed by atoms with Crippen LogP contribution in [-0.4, -0.2) is 0 Å². The van der Waals surface area contributed by atoms with Crippen LogP contribution < -0.4 is 10.7 Å². The summed E-state index contributed by atoms with van der Waals surface area (Å²) in [5, 5.41) is 21.6. The number of nitrogens with zero attached hydrogens (tertiary/aromatic N) is 4. The predicted octanol–water partition coefficient (Wildman–Crippen LogP) is 8.13. The van der Waals surface area contributed by atoms with E-state index in [9.17, 15) is 18.4 Å². The maximum absolute atomic E-state index is 13.5. The fraction of sp³-hybridized carbons (Fsp3) is 0.0303. The number of nitriles is 1. The third-order valence-electron chi connectivity index (χ3n) is 7.54. The lowest BCUT2D eigenvalue weighted by Crippen LogP contribution is -2.06. The molecular formula is C33H15F3N4. The molecule has 40 heavy (non-hydrogen) atoms. The fourth-order valence-corrected chi connectivity index (χ4v) is 5.83. The van der Waals surface area contributed by atoms with Gasteiger partial charge in [-0.05, 0) is 73.8 Å². The summed E-state index contributed by atoms with van der Waals surface area (Å²) in [5.74, 6) is 0. The van der Waals surface area contributed by atoms with Crippen molar-refractivity contribution in [2.75, 3.05) is 0 Å². The molecule has 7 aromatic rings. The van der Waals surface area contributed by atoms with Crippen LogP contribution in [0.1, 0.15) is 5.56 Å². The summed E-state index contributed by atoms with van der Waals surface area (Å²) >= 11 is 0. The third kappa shape index (κ3) is 3.38. The monoisotopic (exact) mass is 524 g/mol. The molecule has 0 bridgehead atoms. The van der Waals surface area contributed by atoms with Crippen LogP contribution in [0.5, 0.6) is 0 Å². The first-order valence-electron chi connectivity index (χ1n) is 12.3. The molecule has 0 aliphatic rings. The summed E-state index contributed by atoms with van der Waals surface area (Å²) in [4.78, 5) is 7.26. The van der Waals surface area contributed by atoms with Crippen molar-refractivity contribution in [3.63, 3.8) is 0 Å². The van der Waals surface area contributed by atoms with Crippen molar-refractivity contribution in [3.05, 3.63) is 119 Å². The van der Waals surface area contributed by atoms with E-state index in [-0.39, 0.29) is 10.7 Å². The molecule has 0 fully saturated rings. The summed E-state index contributed by atoms with van der Waals surface area (Å²) in [6.45, 7) is 7.49. The molecule has 188 valence electrons. The van der Waals surface area contributed by atoms with Gasteiger partial charge < -0.3 is 0 Å². The zero-order chi connectivity index (χ0) is 27.6. The Morgan fingerprint density at radius 1 is 0.650 bits per heavy atom. The summed E-state index contributed by atoms with van der Waals surface area (Å²) in [7, 11) is 0. The molecule has 0 atom stereocenters. The fourth-order valence-electron chi connectivity index (χ4n) is 5.83. The van der Waals surface area contributed by atoms with Gasteiger partial charge in [-0.3, -0.25) is 0 Å². The Kier molecular flexibility index (Phi) is 5.00. The largest absolute Gasteiger partial charge is 0.416 e. The molecule has 7 heteroatoms. The van der Waals surface area contributed by atoms with E-state index in [0.29, 0.717) is 26.9 Å². The van der Waals surface area contributed by atoms with Crippen LogP contribution in [0.3, 0.4) is 0 Å². The highest BCUT2D eigenvalue weighted by Crippen LogP contribution is 2.37. The van der Waals surface area contributed by atoms with Gasteiger partial charge in [0.2, 0.25) is 6.19 Å². The predicted molar refractivity (Wildman–Crippen MR) is 150 cm³/mol. The lowest BCUT2D eigenvalue weighted by atomic mass is 9.97. The van der Waals surface area contributed by atoms with Gasteiger partial charge in [-0.1, -0.05) is 60.7 Å². The van der Waals surface area contributed by atoms with E-state index in [4.69, 9.17) is 6.57 Å². The molecule has 0 spiro atoms. The van der Waals surface area contributed by atoms with Gasteiger partial charge in [-0.15, -0.1) is 4.95 Å². The second kappa shape index (κ2) is 8.49. The van der Waals surface area contributed by atoms with Crippen molar-refractivity contribution in [1.82, 2.24) is 0 Å². The van der Waals surface area contributed by atoms with Gasteiger partial charge in [0.05, 0.1) is 16.0 Å². The number of alkyl halides is 3. The first-order chi connectivity index (χ1) is 19.4. The standard InChI is InChI=1S/C33H15F3N4/c1-38-40-32-27-13-19(22-8-4-6-18-5-2-3-7-21(18)22)9-11-23(27)26-15-29-25(16-30(26)32)24-12-10-20(33(34,35)36)14-28(24)31(29)39-17-37/h2-16H/b39-31+,40-32+. The maximum atomic E-state index is 13.5. The van der Waals surface area contributed by atoms with Crippen molar-refractivity contribution >= 4 is 53.9 Å². The van der Waals surface area contributed by atoms with E-state index in [1.165, 1.54) is 6.07 Å². The molecule has 7 rings (SSSR count). The van der Waals surface area contributed by atoms with E-state index in [1.807, 2.05) is 48.5 Å².